The van der Waals surface area contributed by atoms with E-state index in [1.807, 2.05) is 0 Å². The average molecular weight is 334 g/mol. The molecule has 0 radical (unpaired) electrons. The summed E-state index contributed by atoms with van der Waals surface area (Å²) in [6, 6.07) is 3.63. The topological polar surface area (TPSA) is 46.3 Å². The molecule has 0 atom stereocenters. The minimum Gasteiger partial charge on any atom is -0.445 e. The van der Waals surface area contributed by atoms with E-state index >= 15 is 0 Å². The molecule has 128 valence electrons. The Labute approximate surface area is 139 Å². The molecular formula is C18H20F2N2O2. The van der Waals surface area contributed by atoms with Crippen molar-refractivity contribution in [2.24, 2.45) is 5.92 Å². The fraction of sp³-hybridized carbons (Fsp3) is 0.444. The molecular weight excluding hydrogens is 314 g/mol. The number of benzene rings is 1. The van der Waals surface area contributed by atoms with Crippen molar-refractivity contribution in [3.8, 4) is 0 Å². The number of fused-ring (bicyclic) bond motifs is 1. The number of hydrogen-bond acceptors (Lipinski definition) is 3. The van der Waals surface area contributed by atoms with E-state index in [1.165, 1.54) is 17.0 Å². The molecule has 24 heavy (non-hydrogen) atoms. The van der Waals surface area contributed by atoms with Crippen molar-refractivity contribution in [1.29, 1.82) is 0 Å². The minimum absolute atomic E-state index is 0.248. The molecule has 0 N–H and O–H groups in total. The molecule has 0 aliphatic carbocycles. The maximum absolute atomic E-state index is 13.8. The number of carbonyl (C=O) groups is 1. The Morgan fingerprint density at radius 1 is 1.38 bits per heavy atom. The summed E-state index contributed by atoms with van der Waals surface area (Å²) in [5, 5.41) is 0. The zero-order valence-electron chi connectivity index (χ0n) is 13.8. The predicted octanol–water partition coefficient (Wildman–Crippen LogP) is 3.74. The van der Waals surface area contributed by atoms with Crippen LogP contribution in [0, 0.1) is 17.6 Å². The molecule has 0 bridgehead atoms. The standard InChI is InChI=1S/C18H20F2N2O2/c1-11(2)6-7-16-21-14-10-22(9-8-15(14)24-16)18(23)12-4-3-5-13(19)17(12)20/h3-5,11H,6-10H2,1-2H3. The van der Waals surface area contributed by atoms with Gasteiger partial charge in [0, 0.05) is 19.4 Å². The second-order valence-corrected chi connectivity index (χ2v) is 6.49. The van der Waals surface area contributed by atoms with E-state index in [-0.39, 0.29) is 12.1 Å². The number of carbonyl (C=O) groups excluding carboxylic acids is 1. The summed E-state index contributed by atoms with van der Waals surface area (Å²) < 4.78 is 32.9. The first-order valence-electron chi connectivity index (χ1n) is 8.16. The number of hydrogen-bond donors (Lipinski definition) is 0. The molecule has 1 aliphatic rings. The van der Waals surface area contributed by atoms with E-state index in [9.17, 15) is 13.6 Å². The Balaban J connectivity index is 1.75. The third-order valence-corrected chi connectivity index (χ3v) is 4.18. The van der Waals surface area contributed by atoms with Crippen molar-refractivity contribution in [1.82, 2.24) is 9.88 Å². The minimum atomic E-state index is -1.11. The van der Waals surface area contributed by atoms with Crippen LogP contribution >= 0.6 is 0 Å². The van der Waals surface area contributed by atoms with Crippen LogP contribution in [-0.4, -0.2) is 22.3 Å². The number of oxazole rings is 1. The number of aryl methyl sites for hydroxylation is 1. The summed E-state index contributed by atoms with van der Waals surface area (Å²) >= 11 is 0. The zero-order valence-corrected chi connectivity index (χ0v) is 13.8. The van der Waals surface area contributed by atoms with Gasteiger partial charge in [0.15, 0.2) is 17.5 Å². The van der Waals surface area contributed by atoms with Gasteiger partial charge in [0.25, 0.3) is 5.91 Å². The van der Waals surface area contributed by atoms with E-state index in [4.69, 9.17) is 4.42 Å². The predicted molar refractivity (Wildman–Crippen MR) is 84.5 cm³/mol. The van der Waals surface area contributed by atoms with Crippen LogP contribution in [0.15, 0.2) is 22.6 Å². The smallest absolute Gasteiger partial charge is 0.257 e. The molecule has 1 aliphatic heterocycles. The Kier molecular flexibility index (Phi) is 4.64. The van der Waals surface area contributed by atoms with E-state index in [1.54, 1.807) is 0 Å². The van der Waals surface area contributed by atoms with Gasteiger partial charge in [0.05, 0.1) is 12.1 Å². The van der Waals surface area contributed by atoms with Crippen LogP contribution in [0.2, 0.25) is 0 Å². The van der Waals surface area contributed by atoms with Crippen molar-refractivity contribution >= 4 is 5.91 Å². The third kappa shape index (κ3) is 3.32. The lowest BCUT2D eigenvalue weighted by Gasteiger charge is -2.25. The molecule has 1 aromatic heterocycles. The van der Waals surface area contributed by atoms with Gasteiger partial charge in [-0.1, -0.05) is 19.9 Å². The number of rotatable bonds is 4. The molecule has 6 heteroatoms. The molecule has 0 fully saturated rings. The van der Waals surface area contributed by atoms with Crippen molar-refractivity contribution in [3.63, 3.8) is 0 Å². The van der Waals surface area contributed by atoms with Crippen LogP contribution in [0.25, 0.3) is 0 Å². The van der Waals surface area contributed by atoms with E-state index in [2.05, 4.69) is 18.8 Å². The Hall–Kier alpha value is -2.24. The largest absolute Gasteiger partial charge is 0.445 e. The molecule has 2 aromatic rings. The first-order chi connectivity index (χ1) is 11.5. The van der Waals surface area contributed by atoms with Gasteiger partial charge in [-0.05, 0) is 24.5 Å². The van der Waals surface area contributed by atoms with Crippen molar-refractivity contribution in [3.05, 3.63) is 52.7 Å². The summed E-state index contributed by atoms with van der Waals surface area (Å²) in [5.74, 6) is -0.619. The second-order valence-electron chi connectivity index (χ2n) is 6.49. The van der Waals surface area contributed by atoms with Crippen molar-refractivity contribution in [2.45, 2.75) is 39.7 Å². The number of aromatic nitrogens is 1. The van der Waals surface area contributed by atoms with Crippen LogP contribution < -0.4 is 0 Å². The quantitative estimate of drug-likeness (QED) is 0.856. The second kappa shape index (κ2) is 6.71. The lowest BCUT2D eigenvalue weighted by atomic mass is 10.1. The summed E-state index contributed by atoms with van der Waals surface area (Å²) in [4.78, 5) is 18.4. The Morgan fingerprint density at radius 2 is 2.17 bits per heavy atom. The van der Waals surface area contributed by atoms with Gasteiger partial charge in [-0.25, -0.2) is 13.8 Å². The van der Waals surface area contributed by atoms with Crippen LogP contribution in [0.3, 0.4) is 0 Å². The van der Waals surface area contributed by atoms with Crippen molar-refractivity contribution < 1.29 is 18.0 Å². The summed E-state index contributed by atoms with van der Waals surface area (Å²) in [5.41, 5.74) is 0.465. The highest BCUT2D eigenvalue weighted by Crippen LogP contribution is 2.23. The highest BCUT2D eigenvalue weighted by molar-refractivity contribution is 5.94. The van der Waals surface area contributed by atoms with Crippen LogP contribution in [-0.2, 0) is 19.4 Å². The first kappa shape index (κ1) is 16.6. The lowest BCUT2D eigenvalue weighted by Crippen LogP contribution is -2.36. The molecule has 1 aromatic carbocycles. The first-order valence-corrected chi connectivity index (χ1v) is 8.16. The van der Waals surface area contributed by atoms with Gasteiger partial charge in [0.2, 0.25) is 0 Å². The summed E-state index contributed by atoms with van der Waals surface area (Å²) in [7, 11) is 0. The summed E-state index contributed by atoms with van der Waals surface area (Å²) in [6.07, 6.45) is 2.28. The monoisotopic (exact) mass is 334 g/mol. The van der Waals surface area contributed by atoms with Gasteiger partial charge < -0.3 is 9.32 Å². The fourth-order valence-corrected chi connectivity index (χ4v) is 2.78. The van der Waals surface area contributed by atoms with Crippen LogP contribution in [0.4, 0.5) is 8.78 Å². The normalized spacial score (nSPS) is 14.1. The van der Waals surface area contributed by atoms with Crippen molar-refractivity contribution in [2.75, 3.05) is 6.54 Å². The fourth-order valence-electron chi connectivity index (χ4n) is 2.78. The maximum atomic E-state index is 13.8. The highest BCUT2D eigenvalue weighted by atomic mass is 19.2. The average Bonchev–Trinajstić information content (AvgIpc) is 2.97. The Bertz CT molecular complexity index is 755. The molecule has 0 saturated heterocycles. The number of halogens is 2. The molecule has 1 amide bonds. The van der Waals surface area contributed by atoms with Gasteiger partial charge in [-0.3, -0.25) is 4.79 Å². The molecule has 4 nitrogen and oxygen atoms in total. The highest BCUT2D eigenvalue weighted by Gasteiger charge is 2.28. The van der Waals surface area contributed by atoms with E-state index < -0.39 is 17.5 Å². The van der Waals surface area contributed by atoms with Crippen LogP contribution in [0.1, 0.15) is 48.0 Å². The number of amides is 1. The zero-order chi connectivity index (χ0) is 17.3. The maximum Gasteiger partial charge on any atom is 0.257 e. The van der Waals surface area contributed by atoms with Crippen LogP contribution in [0.5, 0.6) is 0 Å². The van der Waals surface area contributed by atoms with E-state index in [0.29, 0.717) is 30.5 Å². The number of nitrogens with zero attached hydrogens (tertiary/aromatic N) is 2. The van der Waals surface area contributed by atoms with Gasteiger partial charge in [-0.15, -0.1) is 0 Å². The molecule has 3 rings (SSSR count). The Morgan fingerprint density at radius 3 is 2.92 bits per heavy atom. The molecule has 0 saturated carbocycles. The molecule has 0 unspecified atom stereocenters. The molecule has 2 heterocycles. The molecule has 0 spiro atoms. The van der Waals surface area contributed by atoms with E-state index in [0.717, 1.165) is 24.7 Å². The SMILES string of the molecule is CC(C)CCc1nc2c(o1)CCN(C(=O)c1cccc(F)c1F)C2. The lowest BCUT2D eigenvalue weighted by molar-refractivity contribution is 0.0722. The third-order valence-electron chi connectivity index (χ3n) is 4.18. The van der Waals surface area contributed by atoms with Gasteiger partial charge in [-0.2, -0.15) is 0 Å². The van der Waals surface area contributed by atoms with Gasteiger partial charge >= 0.3 is 0 Å². The van der Waals surface area contributed by atoms with Gasteiger partial charge in [0.1, 0.15) is 11.5 Å². The summed E-state index contributed by atoms with van der Waals surface area (Å²) in [6.45, 7) is 4.93.